The third-order valence-corrected chi connectivity index (χ3v) is 4.02. The van der Waals surface area contributed by atoms with E-state index in [-0.39, 0.29) is 11.4 Å². The van der Waals surface area contributed by atoms with Gasteiger partial charge in [-0.25, -0.2) is 23.1 Å². The second-order valence-electron chi connectivity index (χ2n) is 4.41. The lowest BCUT2D eigenvalue weighted by Crippen LogP contribution is -2.06. The summed E-state index contributed by atoms with van der Waals surface area (Å²) in [4.78, 5) is 8.57. The Bertz CT molecular complexity index is 654. The molecule has 21 heavy (non-hydrogen) atoms. The average molecular weight is 407 g/mol. The minimum Gasteiger partial charge on any atom is -0.372 e. The quantitative estimate of drug-likeness (QED) is 0.611. The van der Waals surface area contributed by atoms with E-state index < -0.39 is 17.5 Å². The molecule has 7 heteroatoms. The molecule has 0 bridgehead atoms. The van der Waals surface area contributed by atoms with E-state index in [1.807, 2.05) is 6.92 Å². The van der Waals surface area contributed by atoms with Crippen LogP contribution in [0.5, 0.6) is 0 Å². The number of rotatable bonds is 4. The molecular weight excluding hydrogens is 394 g/mol. The van der Waals surface area contributed by atoms with Gasteiger partial charge in [-0.05, 0) is 41.1 Å². The van der Waals surface area contributed by atoms with Crippen LogP contribution in [0.25, 0.3) is 11.4 Å². The summed E-state index contributed by atoms with van der Waals surface area (Å²) < 4.78 is 40.6. The molecule has 0 saturated carbocycles. The van der Waals surface area contributed by atoms with Gasteiger partial charge in [0.05, 0.1) is 9.26 Å². The summed E-state index contributed by atoms with van der Waals surface area (Å²) in [5, 5.41) is 2.92. The molecule has 112 valence electrons. The summed E-state index contributed by atoms with van der Waals surface area (Å²) in [6.07, 6.45) is 1.59. The van der Waals surface area contributed by atoms with Crippen LogP contribution >= 0.6 is 22.6 Å². The second kappa shape index (κ2) is 6.59. The number of nitrogens with zero attached hydrogens (tertiary/aromatic N) is 2. The fourth-order valence-electron chi connectivity index (χ4n) is 1.88. The van der Waals surface area contributed by atoms with Gasteiger partial charge < -0.3 is 5.32 Å². The lowest BCUT2D eigenvalue weighted by atomic mass is 10.1. The maximum Gasteiger partial charge on any atom is 0.194 e. The van der Waals surface area contributed by atoms with E-state index in [2.05, 4.69) is 37.9 Å². The van der Waals surface area contributed by atoms with Crippen molar-refractivity contribution in [1.82, 2.24) is 9.97 Å². The molecule has 2 aromatic rings. The normalized spacial score (nSPS) is 10.8. The molecule has 0 radical (unpaired) electrons. The summed E-state index contributed by atoms with van der Waals surface area (Å²) in [6, 6.07) is 1.80. The van der Waals surface area contributed by atoms with E-state index >= 15 is 0 Å². The number of aromatic nitrogens is 2. The van der Waals surface area contributed by atoms with Gasteiger partial charge in [0, 0.05) is 12.6 Å². The van der Waals surface area contributed by atoms with Crippen molar-refractivity contribution >= 4 is 28.4 Å². The van der Waals surface area contributed by atoms with Crippen LogP contribution < -0.4 is 5.32 Å². The van der Waals surface area contributed by atoms with Crippen molar-refractivity contribution < 1.29 is 13.2 Å². The highest BCUT2D eigenvalue weighted by molar-refractivity contribution is 14.1. The molecule has 0 aliphatic heterocycles. The van der Waals surface area contributed by atoms with Gasteiger partial charge in [0.2, 0.25) is 0 Å². The molecule has 2 rings (SSSR count). The Labute approximate surface area is 134 Å². The molecule has 0 saturated heterocycles. The molecule has 0 aliphatic carbocycles. The van der Waals surface area contributed by atoms with E-state index in [0.717, 1.165) is 27.8 Å². The molecule has 1 aromatic heterocycles. The van der Waals surface area contributed by atoms with Gasteiger partial charge in [0.15, 0.2) is 23.3 Å². The molecule has 0 fully saturated rings. The van der Waals surface area contributed by atoms with Crippen molar-refractivity contribution in [3.05, 3.63) is 38.8 Å². The SMILES string of the molecule is CCCc1nc(-c2cc(F)c(F)c(F)c2)nc(NC)c1I. The van der Waals surface area contributed by atoms with Crippen LogP contribution in [0, 0.1) is 21.0 Å². The average Bonchev–Trinajstić information content (AvgIpc) is 2.46. The maximum atomic E-state index is 13.3. The third kappa shape index (κ3) is 3.28. The van der Waals surface area contributed by atoms with Gasteiger partial charge in [0.1, 0.15) is 5.82 Å². The Balaban J connectivity index is 2.60. The minimum absolute atomic E-state index is 0.108. The van der Waals surface area contributed by atoms with Crippen LogP contribution in [0.15, 0.2) is 12.1 Å². The molecule has 1 N–H and O–H groups in total. The Kier molecular flexibility index (Phi) is 5.02. The zero-order valence-electron chi connectivity index (χ0n) is 11.5. The van der Waals surface area contributed by atoms with Crippen LogP contribution in [0.3, 0.4) is 0 Å². The van der Waals surface area contributed by atoms with Gasteiger partial charge in [0.25, 0.3) is 0 Å². The minimum atomic E-state index is -1.49. The summed E-state index contributed by atoms with van der Waals surface area (Å²) in [6.45, 7) is 2.01. The first-order chi connectivity index (χ1) is 9.97. The monoisotopic (exact) mass is 407 g/mol. The van der Waals surface area contributed by atoms with E-state index in [1.165, 1.54) is 0 Å². The van der Waals surface area contributed by atoms with Crippen LogP contribution in [-0.2, 0) is 6.42 Å². The fourth-order valence-corrected chi connectivity index (χ4v) is 2.66. The topological polar surface area (TPSA) is 37.8 Å². The van der Waals surface area contributed by atoms with Crippen molar-refractivity contribution in [2.75, 3.05) is 12.4 Å². The molecule has 0 unspecified atom stereocenters. The predicted octanol–water partition coefficient (Wildman–Crippen LogP) is 4.16. The summed E-state index contributed by atoms with van der Waals surface area (Å²) >= 11 is 2.12. The number of halogens is 4. The van der Waals surface area contributed by atoms with Crippen molar-refractivity contribution in [3.63, 3.8) is 0 Å². The number of nitrogens with one attached hydrogen (secondary N) is 1. The van der Waals surface area contributed by atoms with Gasteiger partial charge in [-0.15, -0.1) is 0 Å². The molecule has 0 atom stereocenters. The Morgan fingerprint density at radius 1 is 1.14 bits per heavy atom. The summed E-state index contributed by atoms with van der Waals surface area (Å²) in [5.41, 5.74) is 0.897. The fraction of sp³-hybridized carbons (Fsp3) is 0.286. The zero-order chi connectivity index (χ0) is 15.6. The molecule has 1 heterocycles. The van der Waals surface area contributed by atoms with Gasteiger partial charge in [-0.1, -0.05) is 13.3 Å². The molecular formula is C14H13F3IN3. The highest BCUT2D eigenvalue weighted by Crippen LogP contribution is 2.26. The highest BCUT2D eigenvalue weighted by Gasteiger charge is 2.16. The Morgan fingerprint density at radius 3 is 2.29 bits per heavy atom. The first-order valence-corrected chi connectivity index (χ1v) is 7.44. The van der Waals surface area contributed by atoms with Crippen molar-refractivity contribution in [2.24, 2.45) is 0 Å². The first kappa shape index (κ1) is 16.0. The molecule has 3 nitrogen and oxygen atoms in total. The van der Waals surface area contributed by atoms with E-state index in [4.69, 9.17) is 0 Å². The maximum absolute atomic E-state index is 13.3. The standard InChI is InChI=1S/C14H13F3IN3/c1-3-4-10-12(18)14(19-2)21-13(20-10)7-5-8(15)11(17)9(16)6-7/h5-6H,3-4H2,1-2H3,(H,19,20,21). The number of hydrogen-bond donors (Lipinski definition) is 1. The second-order valence-corrected chi connectivity index (χ2v) is 5.49. The van der Waals surface area contributed by atoms with Crippen molar-refractivity contribution in [2.45, 2.75) is 19.8 Å². The third-order valence-electron chi connectivity index (χ3n) is 2.89. The van der Waals surface area contributed by atoms with E-state index in [0.29, 0.717) is 12.2 Å². The predicted molar refractivity (Wildman–Crippen MR) is 83.6 cm³/mol. The van der Waals surface area contributed by atoms with Gasteiger partial charge in [-0.2, -0.15) is 0 Å². The Hall–Kier alpha value is -1.38. The molecule has 0 spiro atoms. The first-order valence-electron chi connectivity index (χ1n) is 6.37. The number of benzene rings is 1. The lowest BCUT2D eigenvalue weighted by Gasteiger charge is -2.11. The highest BCUT2D eigenvalue weighted by atomic mass is 127. The largest absolute Gasteiger partial charge is 0.372 e. The lowest BCUT2D eigenvalue weighted by molar-refractivity contribution is 0.447. The van der Waals surface area contributed by atoms with Crippen LogP contribution in [0.2, 0.25) is 0 Å². The smallest absolute Gasteiger partial charge is 0.194 e. The van der Waals surface area contributed by atoms with E-state index in [1.54, 1.807) is 7.05 Å². The zero-order valence-corrected chi connectivity index (χ0v) is 13.6. The number of anilines is 1. The van der Waals surface area contributed by atoms with Crippen molar-refractivity contribution in [3.8, 4) is 11.4 Å². The van der Waals surface area contributed by atoms with Gasteiger partial charge >= 0.3 is 0 Å². The molecule has 0 amide bonds. The molecule has 0 aliphatic rings. The van der Waals surface area contributed by atoms with Crippen LogP contribution in [0.4, 0.5) is 19.0 Å². The number of hydrogen-bond acceptors (Lipinski definition) is 3. The summed E-state index contributed by atoms with van der Waals surface area (Å²) in [7, 11) is 1.70. The Morgan fingerprint density at radius 2 is 1.76 bits per heavy atom. The summed E-state index contributed by atoms with van der Waals surface area (Å²) in [5.74, 6) is -3.26. The van der Waals surface area contributed by atoms with Crippen molar-refractivity contribution in [1.29, 1.82) is 0 Å². The van der Waals surface area contributed by atoms with Crippen LogP contribution in [0.1, 0.15) is 19.0 Å². The number of aryl methyl sites for hydroxylation is 1. The van der Waals surface area contributed by atoms with Gasteiger partial charge in [-0.3, -0.25) is 0 Å². The van der Waals surface area contributed by atoms with E-state index in [9.17, 15) is 13.2 Å². The van der Waals surface area contributed by atoms with Crippen LogP contribution in [-0.4, -0.2) is 17.0 Å². The molecule has 1 aromatic carbocycles.